The van der Waals surface area contributed by atoms with Crippen LogP contribution < -0.4 is 10.3 Å². The van der Waals surface area contributed by atoms with Crippen molar-refractivity contribution < 1.29 is 33.4 Å². The summed E-state index contributed by atoms with van der Waals surface area (Å²) in [4.78, 5) is 51.1. The average Bonchev–Trinajstić information content (AvgIpc) is 2.90. The molecule has 29 heavy (non-hydrogen) atoms. The van der Waals surface area contributed by atoms with Crippen molar-refractivity contribution in [3.63, 3.8) is 0 Å². The molecular weight excluding hydrogens is 382 g/mol. The SMILES string of the molecule is CCOC(=O)NN(C(=O)OCC)[C@@H]1C(=O)N(C(=O)OC(C)(C)C)c2ccccc21. The first-order valence-electron chi connectivity index (χ1n) is 9.16. The van der Waals surface area contributed by atoms with Crippen LogP contribution in [0.4, 0.5) is 20.1 Å². The minimum absolute atomic E-state index is 0.0121. The van der Waals surface area contributed by atoms with Crippen LogP contribution in [0.1, 0.15) is 46.2 Å². The zero-order valence-electron chi connectivity index (χ0n) is 17.1. The molecule has 2 rings (SSSR count). The number of rotatable bonds is 3. The number of imide groups is 1. The number of hydrogen-bond acceptors (Lipinski definition) is 7. The van der Waals surface area contributed by atoms with E-state index in [9.17, 15) is 19.2 Å². The van der Waals surface area contributed by atoms with Gasteiger partial charge in [-0.3, -0.25) is 4.79 Å². The van der Waals surface area contributed by atoms with E-state index in [-0.39, 0.29) is 18.9 Å². The molecule has 0 spiro atoms. The number of benzene rings is 1. The van der Waals surface area contributed by atoms with E-state index in [2.05, 4.69) is 5.43 Å². The Morgan fingerprint density at radius 1 is 1.10 bits per heavy atom. The first kappa shape index (κ1) is 22.0. The van der Waals surface area contributed by atoms with Gasteiger partial charge in [-0.15, -0.1) is 0 Å². The Labute approximate surface area is 168 Å². The highest BCUT2D eigenvalue weighted by molar-refractivity contribution is 6.19. The normalized spacial score (nSPS) is 15.4. The van der Waals surface area contributed by atoms with Crippen LogP contribution in [0.3, 0.4) is 0 Å². The number of fused-ring (bicyclic) bond motifs is 1. The molecule has 1 aromatic carbocycles. The Morgan fingerprint density at radius 2 is 1.72 bits per heavy atom. The van der Waals surface area contributed by atoms with E-state index in [1.54, 1.807) is 58.9 Å². The number of hydrazine groups is 1. The second kappa shape index (κ2) is 8.80. The van der Waals surface area contributed by atoms with Crippen molar-refractivity contribution in [1.29, 1.82) is 0 Å². The van der Waals surface area contributed by atoms with Crippen molar-refractivity contribution in [3.05, 3.63) is 29.8 Å². The number of nitrogens with one attached hydrogen (secondary N) is 1. The minimum atomic E-state index is -1.33. The van der Waals surface area contributed by atoms with E-state index < -0.39 is 35.8 Å². The summed E-state index contributed by atoms with van der Waals surface area (Å²) in [6.45, 7) is 8.25. The van der Waals surface area contributed by atoms with Crippen molar-refractivity contribution in [3.8, 4) is 0 Å². The number of para-hydroxylation sites is 1. The molecule has 0 aromatic heterocycles. The Hall–Kier alpha value is -3.30. The maximum absolute atomic E-state index is 13.2. The first-order chi connectivity index (χ1) is 13.6. The maximum atomic E-state index is 13.2. The van der Waals surface area contributed by atoms with E-state index in [1.807, 2.05) is 0 Å². The summed E-state index contributed by atoms with van der Waals surface area (Å²) in [6, 6.07) is 5.07. The molecule has 158 valence electrons. The standard InChI is InChI=1S/C19H25N3O7/c1-6-27-16(24)20-22(18(26)28-7-2)14-12-10-8-9-11-13(12)21(15(14)23)17(25)29-19(3,4)5/h8-11,14H,6-7H2,1-5H3,(H,20,24)/t14-/m0/s1. The monoisotopic (exact) mass is 407 g/mol. The smallest absolute Gasteiger partial charge is 0.429 e. The number of carbonyl (C=O) groups is 4. The molecule has 0 aliphatic carbocycles. The molecule has 1 atom stereocenters. The highest BCUT2D eigenvalue weighted by Gasteiger charge is 2.48. The predicted octanol–water partition coefficient (Wildman–Crippen LogP) is 3.13. The van der Waals surface area contributed by atoms with Crippen LogP contribution in [0.25, 0.3) is 0 Å². The number of amides is 4. The van der Waals surface area contributed by atoms with Gasteiger partial charge in [0.2, 0.25) is 0 Å². The van der Waals surface area contributed by atoms with Crippen molar-refractivity contribution >= 4 is 29.9 Å². The Morgan fingerprint density at radius 3 is 2.31 bits per heavy atom. The predicted molar refractivity (Wildman–Crippen MR) is 102 cm³/mol. The molecule has 0 fully saturated rings. The molecule has 10 heteroatoms. The second-order valence-electron chi connectivity index (χ2n) is 7.02. The molecule has 0 radical (unpaired) electrons. The maximum Gasteiger partial charge on any atom is 0.429 e. The van der Waals surface area contributed by atoms with Crippen molar-refractivity contribution in [2.45, 2.75) is 46.3 Å². The van der Waals surface area contributed by atoms with Crippen LogP contribution in [0.15, 0.2) is 24.3 Å². The Kier molecular flexibility index (Phi) is 6.68. The lowest BCUT2D eigenvalue weighted by molar-refractivity contribution is -0.123. The van der Waals surface area contributed by atoms with E-state index in [0.29, 0.717) is 10.6 Å². The van der Waals surface area contributed by atoms with E-state index in [4.69, 9.17) is 14.2 Å². The van der Waals surface area contributed by atoms with Crippen molar-refractivity contribution in [2.75, 3.05) is 18.1 Å². The number of carbonyl (C=O) groups excluding carboxylic acids is 4. The molecule has 0 saturated heterocycles. The van der Waals surface area contributed by atoms with Crippen molar-refractivity contribution in [1.82, 2.24) is 10.4 Å². The summed E-state index contributed by atoms with van der Waals surface area (Å²) >= 11 is 0. The molecule has 0 unspecified atom stereocenters. The van der Waals surface area contributed by atoms with Crippen molar-refractivity contribution in [2.24, 2.45) is 0 Å². The number of nitrogens with zero attached hydrogens (tertiary/aromatic N) is 2. The quantitative estimate of drug-likeness (QED) is 0.605. The van der Waals surface area contributed by atoms with Crippen LogP contribution in [0.2, 0.25) is 0 Å². The molecule has 4 amide bonds. The zero-order valence-corrected chi connectivity index (χ0v) is 17.1. The summed E-state index contributed by atoms with van der Waals surface area (Å²) in [5, 5.41) is 0.715. The molecule has 1 N–H and O–H groups in total. The fourth-order valence-electron chi connectivity index (χ4n) is 2.71. The zero-order chi connectivity index (χ0) is 21.8. The van der Waals surface area contributed by atoms with Gasteiger partial charge in [0.15, 0.2) is 6.04 Å². The number of ether oxygens (including phenoxy) is 3. The van der Waals surface area contributed by atoms with Gasteiger partial charge in [0.1, 0.15) is 5.60 Å². The molecule has 1 aromatic rings. The summed E-state index contributed by atoms with van der Waals surface area (Å²) in [7, 11) is 0. The third kappa shape index (κ3) is 4.95. The summed E-state index contributed by atoms with van der Waals surface area (Å²) in [5.41, 5.74) is 1.96. The summed E-state index contributed by atoms with van der Waals surface area (Å²) < 4.78 is 15.1. The van der Waals surface area contributed by atoms with Crippen LogP contribution in [-0.4, -0.2) is 48.0 Å². The van der Waals surface area contributed by atoms with Gasteiger partial charge in [-0.2, -0.15) is 5.01 Å². The lowest BCUT2D eigenvalue weighted by Crippen LogP contribution is -2.52. The van der Waals surface area contributed by atoms with Crippen LogP contribution in [0.5, 0.6) is 0 Å². The fourth-order valence-corrected chi connectivity index (χ4v) is 2.71. The highest BCUT2D eigenvalue weighted by Crippen LogP contribution is 2.39. The minimum Gasteiger partial charge on any atom is -0.449 e. The number of anilines is 1. The fraction of sp³-hybridized carbons (Fsp3) is 0.474. The Bertz CT molecular complexity index is 803. The van der Waals surface area contributed by atoms with E-state index in [1.165, 1.54) is 0 Å². The third-order valence-electron chi connectivity index (χ3n) is 3.71. The van der Waals surface area contributed by atoms with E-state index >= 15 is 0 Å². The first-order valence-corrected chi connectivity index (χ1v) is 9.16. The van der Waals surface area contributed by atoms with Gasteiger partial charge >= 0.3 is 18.3 Å². The van der Waals surface area contributed by atoms with Gasteiger partial charge < -0.3 is 14.2 Å². The largest absolute Gasteiger partial charge is 0.449 e. The van der Waals surface area contributed by atoms with Gasteiger partial charge in [0.05, 0.1) is 18.9 Å². The van der Waals surface area contributed by atoms with Gasteiger partial charge in [0.25, 0.3) is 5.91 Å². The molecular formula is C19H25N3O7. The Balaban J connectivity index is 2.46. The van der Waals surface area contributed by atoms with Gasteiger partial charge in [0, 0.05) is 5.56 Å². The van der Waals surface area contributed by atoms with E-state index in [0.717, 1.165) is 4.90 Å². The third-order valence-corrected chi connectivity index (χ3v) is 3.71. The van der Waals surface area contributed by atoms with Gasteiger partial charge in [-0.25, -0.2) is 24.7 Å². The highest BCUT2D eigenvalue weighted by atomic mass is 16.6. The molecule has 1 aliphatic heterocycles. The van der Waals surface area contributed by atoms with Gasteiger partial charge in [-0.1, -0.05) is 18.2 Å². The van der Waals surface area contributed by atoms with Crippen LogP contribution in [-0.2, 0) is 19.0 Å². The molecule has 1 aliphatic rings. The summed E-state index contributed by atoms with van der Waals surface area (Å²) in [5.74, 6) is -0.773. The second-order valence-corrected chi connectivity index (χ2v) is 7.02. The van der Waals surface area contributed by atoms with Gasteiger partial charge in [-0.05, 0) is 40.7 Å². The molecule has 0 bridgehead atoms. The average molecular weight is 407 g/mol. The molecule has 1 heterocycles. The molecule has 0 saturated carbocycles. The topological polar surface area (TPSA) is 114 Å². The molecule has 10 nitrogen and oxygen atoms in total. The lowest BCUT2D eigenvalue weighted by Gasteiger charge is -2.27. The summed E-state index contributed by atoms with van der Waals surface area (Å²) in [6.07, 6.45) is -2.81. The lowest BCUT2D eigenvalue weighted by atomic mass is 10.1. The van der Waals surface area contributed by atoms with Crippen LogP contribution in [0, 0.1) is 0 Å². The van der Waals surface area contributed by atoms with Crippen LogP contribution >= 0.6 is 0 Å². The number of hydrogen-bond donors (Lipinski definition) is 1.